The number of esters is 1. The average Bonchev–Trinajstić information content (AvgIpc) is 3.19. The second-order valence-electron chi connectivity index (χ2n) is 6.64. The van der Waals surface area contributed by atoms with Crippen LogP contribution in [0, 0.1) is 13.8 Å². The Morgan fingerprint density at radius 2 is 1.76 bits per heavy atom. The number of nitrogens with one attached hydrogen (secondary N) is 1. The molecule has 0 saturated carbocycles. The second-order valence-corrected chi connectivity index (χ2v) is 7.50. The van der Waals surface area contributed by atoms with Crippen LogP contribution in [-0.2, 0) is 9.53 Å². The van der Waals surface area contributed by atoms with Crippen molar-refractivity contribution in [2.24, 2.45) is 0 Å². The average molecular weight is 410 g/mol. The Kier molecular flexibility index (Phi) is 6.29. The van der Waals surface area contributed by atoms with Crippen molar-refractivity contribution in [1.82, 2.24) is 4.98 Å². The van der Waals surface area contributed by atoms with Crippen LogP contribution in [0.5, 0.6) is 5.75 Å². The van der Waals surface area contributed by atoms with E-state index in [2.05, 4.69) is 10.3 Å². The number of carbonyl (C=O) groups is 2. The summed E-state index contributed by atoms with van der Waals surface area (Å²) in [5, 5.41) is 5.09. The lowest BCUT2D eigenvalue weighted by Gasteiger charge is -2.15. The zero-order chi connectivity index (χ0) is 21.0. The Morgan fingerprint density at radius 3 is 2.45 bits per heavy atom. The maximum absolute atomic E-state index is 12.5. The van der Waals surface area contributed by atoms with Gasteiger partial charge < -0.3 is 14.8 Å². The highest BCUT2D eigenvalue weighted by Crippen LogP contribution is 2.26. The maximum atomic E-state index is 12.5. The minimum absolute atomic E-state index is 0.179. The molecule has 2 aromatic carbocycles. The van der Waals surface area contributed by atoms with Crippen molar-refractivity contribution in [2.75, 3.05) is 12.4 Å². The van der Waals surface area contributed by atoms with E-state index in [1.54, 1.807) is 17.5 Å². The first kappa shape index (κ1) is 20.5. The maximum Gasteiger partial charge on any atom is 0.358 e. The summed E-state index contributed by atoms with van der Waals surface area (Å²) in [7, 11) is 1.53. The highest BCUT2D eigenvalue weighted by Gasteiger charge is 2.22. The number of hydrogen-bond donors (Lipinski definition) is 1. The van der Waals surface area contributed by atoms with E-state index in [9.17, 15) is 9.59 Å². The lowest BCUT2D eigenvalue weighted by molar-refractivity contribution is -0.123. The second kappa shape index (κ2) is 8.87. The van der Waals surface area contributed by atoms with E-state index in [0.29, 0.717) is 11.4 Å². The molecule has 0 aliphatic rings. The normalized spacial score (nSPS) is 11.6. The minimum Gasteiger partial charge on any atom is -0.495 e. The molecule has 29 heavy (non-hydrogen) atoms. The van der Waals surface area contributed by atoms with E-state index < -0.39 is 18.0 Å². The largest absolute Gasteiger partial charge is 0.495 e. The summed E-state index contributed by atoms with van der Waals surface area (Å²) in [6.45, 7) is 5.43. The van der Waals surface area contributed by atoms with Crippen LogP contribution >= 0.6 is 11.3 Å². The molecule has 150 valence electrons. The lowest BCUT2D eigenvalue weighted by Crippen LogP contribution is -2.30. The standard InChI is InChI=1S/C22H22N2O4S/c1-13-5-8-16(9-6-13)21-24-18(12-29-21)22(26)28-15(3)20(25)23-17-11-14(2)7-10-19(17)27-4/h5-12,15H,1-4H3,(H,23,25). The zero-order valence-electron chi connectivity index (χ0n) is 16.7. The third-order valence-corrected chi connectivity index (χ3v) is 5.17. The van der Waals surface area contributed by atoms with E-state index in [1.807, 2.05) is 44.2 Å². The van der Waals surface area contributed by atoms with Crippen molar-refractivity contribution in [3.63, 3.8) is 0 Å². The third kappa shape index (κ3) is 5.00. The molecule has 0 aliphatic carbocycles. The van der Waals surface area contributed by atoms with Crippen LogP contribution in [0.4, 0.5) is 5.69 Å². The van der Waals surface area contributed by atoms with Gasteiger partial charge in [0.25, 0.3) is 5.91 Å². The van der Waals surface area contributed by atoms with Crippen LogP contribution < -0.4 is 10.1 Å². The van der Waals surface area contributed by atoms with Crippen molar-refractivity contribution in [2.45, 2.75) is 26.9 Å². The molecule has 1 aromatic heterocycles. The first-order valence-electron chi connectivity index (χ1n) is 9.06. The number of carbonyl (C=O) groups excluding carboxylic acids is 2. The Hall–Kier alpha value is -3.19. The van der Waals surface area contributed by atoms with Gasteiger partial charge in [0.05, 0.1) is 12.8 Å². The molecule has 0 aliphatic heterocycles. The number of anilines is 1. The minimum atomic E-state index is -0.989. The molecule has 1 amide bonds. The van der Waals surface area contributed by atoms with Gasteiger partial charge in [-0.25, -0.2) is 9.78 Å². The summed E-state index contributed by atoms with van der Waals surface area (Å²) in [4.78, 5) is 29.2. The van der Waals surface area contributed by atoms with Gasteiger partial charge in [-0.05, 0) is 38.5 Å². The Morgan fingerprint density at radius 1 is 1.07 bits per heavy atom. The van der Waals surface area contributed by atoms with Crippen molar-refractivity contribution < 1.29 is 19.1 Å². The summed E-state index contributed by atoms with van der Waals surface area (Å²) >= 11 is 1.35. The summed E-state index contributed by atoms with van der Waals surface area (Å²) < 4.78 is 10.5. The smallest absolute Gasteiger partial charge is 0.358 e. The van der Waals surface area contributed by atoms with Gasteiger partial charge in [-0.2, -0.15) is 0 Å². The van der Waals surface area contributed by atoms with Crippen molar-refractivity contribution in [3.8, 4) is 16.3 Å². The molecule has 6 nitrogen and oxygen atoms in total. The van der Waals surface area contributed by atoms with Gasteiger partial charge in [-0.1, -0.05) is 35.9 Å². The first-order chi connectivity index (χ1) is 13.9. The SMILES string of the molecule is COc1ccc(C)cc1NC(=O)C(C)OC(=O)c1csc(-c2ccc(C)cc2)n1. The van der Waals surface area contributed by atoms with E-state index in [-0.39, 0.29) is 5.69 Å². The summed E-state index contributed by atoms with van der Waals surface area (Å²) in [6, 6.07) is 13.3. The van der Waals surface area contributed by atoms with Crippen LogP contribution in [0.15, 0.2) is 47.8 Å². The molecule has 1 N–H and O–H groups in total. The third-order valence-electron chi connectivity index (χ3n) is 4.28. The fourth-order valence-corrected chi connectivity index (χ4v) is 3.42. The molecule has 3 aromatic rings. The Labute approximate surface area is 173 Å². The Bertz CT molecular complexity index is 1030. The van der Waals surface area contributed by atoms with Crippen molar-refractivity contribution >= 4 is 28.9 Å². The van der Waals surface area contributed by atoms with E-state index in [4.69, 9.17) is 9.47 Å². The zero-order valence-corrected chi connectivity index (χ0v) is 17.5. The molecule has 0 radical (unpaired) electrons. The summed E-state index contributed by atoms with van der Waals surface area (Å²) in [5.41, 5.74) is 3.75. The molecule has 0 fully saturated rings. The molecule has 0 spiro atoms. The predicted octanol–water partition coefficient (Wildman–Crippen LogP) is 4.62. The Balaban J connectivity index is 1.65. The van der Waals surface area contributed by atoms with Crippen LogP contribution in [-0.4, -0.2) is 30.1 Å². The molecular formula is C22H22N2O4S. The van der Waals surface area contributed by atoms with E-state index in [0.717, 1.165) is 21.7 Å². The van der Waals surface area contributed by atoms with E-state index in [1.165, 1.54) is 25.4 Å². The van der Waals surface area contributed by atoms with Crippen LogP contribution in [0.3, 0.4) is 0 Å². The predicted molar refractivity (Wildman–Crippen MR) is 114 cm³/mol. The molecule has 0 bridgehead atoms. The molecule has 3 rings (SSSR count). The van der Waals surface area contributed by atoms with Gasteiger partial charge in [-0.15, -0.1) is 11.3 Å². The van der Waals surface area contributed by atoms with Gasteiger partial charge >= 0.3 is 5.97 Å². The quantitative estimate of drug-likeness (QED) is 0.600. The van der Waals surface area contributed by atoms with Gasteiger partial charge in [0, 0.05) is 10.9 Å². The fraction of sp³-hybridized carbons (Fsp3) is 0.227. The highest BCUT2D eigenvalue weighted by molar-refractivity contribution is 7.13. The number of methoxy groups -OCH3 is 1. The number of benzene rings is 2. The first-order valence-corrected chi connectivity index (χ1v) is 9.94. The van der Waals surface area contributed by atoms with Crippen LogP contribution in [0.1, 0.15) is 28.5 Å². The number of nitrogens with zero attached hydrogens (tertiary/aromatic N) is 1. The fourth-order valence-electron chi connectivity index (χ4n) is 2.62. The molecule has 1 unspecified atom stereocenters. The van der Waals surface area contributed by atoms with Crippen LogP contribution in [0.25, 0.3) is 10.6 Å². The molecular weight excluding hydrogens is 388 g/mol. The summed E-state index contributed by atoms with van der Waals surface area (Å²) in [5.74, 6) is -0.556. The number of aromatic nitrogens is 1. The number of thiazole rings is 1. The highest BCUT2D eigenvalue weighted by atomic mass is 32.1. The lowest BCUT2D eigenvalue weighted by atomic mass is 10.2. The molecule has 0 saturated heterocycles. The van der Waals surface area contributed by atoms with Crippen molar-refractivity contribution in [3.05, 3.63) is 64.7 Å². The molecule has 7 heteroatoms. The topological polar surface area (TPSA) is 77.5 Å². The number of hydrogen-bond acceptors (Lipinski definition) is 6. The molecule has 1 atom stereocenters. The van der Waals surface area contributed by atoms with E-state index >= 15 is 0 Å². The van der Waals surface area contributed by atoms with Gasteiger partial charge in [0.1, 0.15) is 10.8 Å². The monoisotopic (exact) mass is 410 g/mol. The number of ether oxygens (including phenoxy) is 2. The number of aryl methyl sites for hydroxylation is 2. The van der Waals surface area contributed by atoms with Gasteiger partial charge in [-0.3, -0.25) is 4.79 Å². The number of rotatable bonds is 6. The van der Waals surface area contributed by atoms with Gasteiger partial charge in [0.15, 0.2) is 11.8 Å². The van der Waals surface area contributed by atoms with Crippen LogP contribution in [0.2, 0.25) is 0 Å². The summed E-state index contributed by atoms with van der Waals surface area (Å²) in [6.07, 6.45) is -0.989. The molecule has 1 heterocycles. The number of amides is 1. The van der Waals surface area contributed by atoms with Crippen molar-refractivity contribution in [1.29, 1.82) is 0 Å². The van der Waals surface area contributed by atoms with Gasteiger partial charge in [0.2, 0.25) is 0 Å².